The van der Waals surface area contributed by atoms with Gasteiger partial charge in [-0.05, 0) is 31.4 Å². The average Bonchev–Trinajstić information content (AvgIpc) is 3.15. The van der Waals surface area contributed by atoms with Gasteiger partial charge in [0.1, 0.15) is 5.82 Å². The van der Waals surface area contributed by atoms with E-state index in [0.29, 0.717) is 12.2 Å². The van der Waals surface area contributed by atoms with Crippen molar-refractivity contribution in [2.75, 3.05) is 25.0 Å². The summed E-state index contributed by atoms with van der Waals surface area (Å²) in [5.41, 5.74) is 6.35. The number of anilines is 1. The Balaban J connectivity index is 1.74. The van der Waals surface area contributed by atoms with Crippen LogP contribution in [-0.4, -0.2) is 36.1 Å². The minimum atomic E-state index is -0.199. The summed E-state index contributed by atoms with van der Waals surface area (Å²) in [6.07, 6.45) is 3.61. The molecule has 1 saturated heterocycles. The van der Waals surface area contributed by atoms with Crippen molar-refractivity contribution >= 4 is 5.69 Å². The summed E-state index contributed by atoms with van der Waals surface area (Å²) in [6, 6.07) is 7.58. The zero-order chi connectivity index (χ0) is 12.6. The van der Waals surface area contributed by atoms with Gasteiger partial charge in [0.15, 0.2) is 0 Å². The summed E-state index contributed by atoms with van der Waals surface area (Å²) in [7, 11) is 0. The van der Waals surface area contributed by atoms with Gasteiger partial charge in [0.25, 0.3) is 0 Å². The molecule has 3 rings (SSSR count). The number of nitrogens with two attached hydrogens (primary N) is 1. The van der Waals surface area contributed by atoms with Crippen molar-refractivity contribution in [1.29, 1.82) is 0 Å². The van der Waals surface area contributed by atoms with Crippen molar-refractivity contribution in [3.63, 3.8) is 0 Å². The van der Waals surface area contributed by atoms with Gasteiger partial charge in [-0.3, -0.25) is 4.90 Å². The lowest BCUT2D eigenvalue weighted by Gasteiger charge is -2.30. The minimum absolute atomic E-state index is 0.162. The third-order valence-corrected chi connectivity index (χ3v) is 4.11. The third kappa shape index (κ3) is 2.22. The number of benzene rings is 1. The van der Waals surface area contributed by atoms with E-state index < -0.39 is 0 Å². The zero-order valence-electron chi connectivity index (χ0n) is 10.5. The molecule has 4 heteroatoms. The van der Waals surface area contributed by atoms with E-state index in [1.165, 1.54) is 18.9 Å². The van der Waals surface area contributed by atoms with Gasteiger partial charge in [0.2, 0.25) is 0 Å². The normalized spacial score (nSPS) is 28.6. The highest BCUT2D eigenvalue weighted by atomic mass is 19.1. The predicted octanol–water partition coefficient (Wildman–Crippen LogP) is 1.80. The number of para-hydroxylation sites is 1. The summed E-state index contributed by atoms with van der Waals surface area (Å²) in [5.74, 6) is -0.199. The molecule has 2 fully saturated rings. The Kier molecular flexibility index (Phi) is 2.99. The lowest BCUT2D eigenvalue weighted by atomic mass is 9.98. The van der Waals surface area contributed by atoms with Crippen LogP contribution in [0.4, 0.5) is 10.1 Å². The molecular weight excluding hydrogens is 229 g/mol. The molecular formula is C14H20FN3. The summed E-state index contributed by atoms with van der Waals surface area (Å²) < 4.78 is 13.7. The standard InChI is InChI=1S/C14H20FN3/c15-12-3-1-2-4-13(12)17-14(9-16)7-8-18(10-14)11-5-6-11/h1-4,11,17H,5-10,16H2. The van der Waals surface area contributed by atoms with Crippen LogP contribution in [0.5, 0.6) is 0 Å². The van der Waals surface area contributed by atoms with Crippen molar-refractivity contribution < 1.29 is 4.39 Å². The SMILES string of the molecule is NCC1(Nc2ccccc2F)CCN(C2CC2)C1. The number of rotatable bonds is 4. The van der Waals surface area contributed by atoms with Gasteiger partial charge in [-0.1, -0.05) is 12.1 Å². The molecule has 98 valence electrons. The topological polar surface area (TPSA) is 41.3 Å². The molecule has 0 radical (unpaired) electrons. The second-order valence-electron chi connectivity index (χ2n) is 5.54. The highest BCUT2D eigenvalue weighted by Gasteiger charge is 2.42. The Morgan fingerprint density at radius 3 is 2.83 bits per heavy atom. The molecule has 0 amide bonds. The summed E-state index contributed by atoms with van der Waals surface area (Å²) in [6.45, 7) is 2.55. The van der Waals surface area contributed by atoms with Crippen LogP contribution in [0.2, 0.25) is 0 Å². The highest BCUT2D eigenvalue weighted by Crippen LogP contribution is 2.34. The van der Waals surface area contributed by atoms with Gasteiger partial charge in [0, 0.05) is 25.7 Å². The van der Waals surface area contributed by atoms with Crippen LogP contribution in [0.1, 0.15) is 19.3 Å². The second kappa shape index (κ2) is 4.52. The van der Waals surface area contributed by atoms with Crippen LogP contribution in [0, 0.1) is 5.82 Å². The van der Waals surface area contributed by atoms with Gasteiger partial charge >= 0.3 is 0 Å². The van der Waals surface area contributed by atoms with Crippen LogP contribution in [0.25, 0.3) is 0 Å². The first kappa shape index (κ1) is 11.9. The van der Waals surface area contributed by atoms with E-state index in [2.05, 4.69) is 10.2 Å². The Labute approximate surface area is 107 Å². The Morgan fingerprint density at radius 2 is 2.17 bits per heavy atom. The van der Waals surface area contributed by atoms with Crippen molar-refractivity contribution in [1.82, 2.24) is 4.90 Å². The molecule has 0 bridgehead atoms. The fraction of sp³-hybridized carbons (Fsp3) is 0.571. The highest BCUT2D eigenvalue weighted by molar-refractivity contribution is 5.47. The van der Waals surface area contributed by atoms with Crippen LogP contribution in [0.3, 0.4) is 0 Å². The fourth-order valence-corrected chi connectivity index (χ4v) is 2.82. The number of likely N-dealkylation sites (tertiary alicyclic amines) is 1. The quantitative estimate of drug-likeness (QED) is 0.855. The van der Waals surface area contributed by atoms with Gasteiger partial charge in [0.05, 0.1) is 11.2 Å². The smallest absolute Gasteiger partial charge is 0.146 e. The molecule has 1 aliphatic heterocycles. The average molecular weight is 249 g/mol. The summed E-state index contributed by atoms with van der Waals surface area (Å²) in [4.78, 5) is 2.49. The molecule has 1 aromatic rings. The minimum Gasteiger partial charge on any atom is -0.375 e. The van der Waals surface area contributed by atoms with Gasteiger partial charge in [-0.15, -0.1) is 0 Å². The first-order chi connectivity index (χ1) is 8.72. The van der Waals surface area contributed by atoms with Gasteiger partial charge in [-0.2, -0.15) is 0 Å². The number of nitrogens with zero attached hydrogens (tertiary/aromatic N) is 1. The molecule has 1 heterocycles. The number of nitrogens with one attached hydrogen (secondary N) is 1. The molecule has 0 spiro atoms. The monoisotopic (exact) mass is 249 g/mol. The van der Waals surface area contributed by atoms with Crippen LogP contribution < -0.4 is 11.1 Å². The lowest BCUT2D eigenvalue weighted by molar-refractivity contribution is 0.309. The number of hydrogen-bond donors (Lipinski definition) is 2. The van der Waals surface area contributed by atoms with Crippen molar-refractivity contribution in [3.05, 3.63) is 30.1 Å². The molecule has 1 unspecified atom stereocenters. The van der Waals surface area contributed by atoms with Gasteiger partial charge in [-0.25, -0.2) is 4.39 Å². The predicted molar refractivity (Wildman–Crippen MR) is 71.0 cm³/mol. The molecule has 3 N–H and O–H groups in total. The van der Waals surface area contributed by atoms with E-state index in [1.807, 2.05) is 6.07 Å². The summed E-state index contributed by atoms with van der Waals surface area (Å²) in [5, 5.41) is 3.34. The van der Waals surface area contributed by atoms with Crippen LogP contribution in [-0.2, 0) is 0 Å². The van der Waals surface area contributed by atoms with E-state index in [1.54, 1.807) is 12.1 Å². The van der Waals surface area contributed by atoms with E-state index in [4.69, 9.17) is 5.73 Å². The Bertz CT molecular complexity index is 433. The summed E-state index contributed by atoms with van der Waals surface area (Å²) >= 11 is 0. The lowest BCUT2D eigenvalue weighted by Crippen LogP contribution is -2.48. The number of halogens is 1. The maximum absolute atomic E-state index is 13.7. The van der Waals surface area contributed by atoms with E-state index in [9.17, 15) is 4.39 Å². The third-order valence-electron chi connectivity index (χ3n) is 4.11. The molecule has 1 saturated carbocycles. The molecule has 0 aromatic heterocycles. The van der Waals surface area contributed by atoms with Crippen molar-refractivity contribution in [2.45, 2.75) is 30.8 Å². The van der Waals surface area contributed by atoms with Gasteiger partial charge < -0.3 is 11.1 Å². The first-order valence-electron chi connectivity index (χ1n) is 6.69. The molecule has 18 heavy (non-hydrogen) atoms. The maximum Gasteiger partial charge on any atom is 0.146 e. The second-order valence-corrected chi connectivity index (χ2v) is 5.54. The molecule has 2 aliphatic rings. The molecule has 3 nitrogen and oxygen atoms in total. The van der Waals surface area contributed by atoms with Crippen LogP contribution in [0.15, 0.2) is 24.3 Å². The molecule has 1 aliphatic carbocycles. The number of hydrogen-bond acceptors (Lipinski definition) is 3. The Morgan fingerprint density at radius 1 is 1.39 bits per heavy atom. The largest absolute Gasteiger partial charge is 0.375 e. The van der Waals surface area contributed by atoms with E-state index in [0.717, 1.165) is 25.6 Å². The molecule has 1 aromatic carbocycles. The van der Waals surface area contributed by atoms with E-state index in [-0.39, 0.29) is 11.4 Å². The fourth-order valence-electron chi connectivity index (χ4n) is 2.82. The molecule has 1 atom stereocenters. The van der Waals surface area contributed by atoms with E-state index >= 15 is 0 Å². The maximum atomic E-state index is 13.7. The first-order valence-corrected chi connectivity index (χ1v) is 6.69. The Hall–Kier alpha value is -1.13. The van der Waals surface area contributed by atoms with Crippen molar-refractivity contribution in [2.24, 2.45) is 5.73 Å². The zero-order valence-corrected chi connectivity index (χ0v) is 10.5. The van der Waals surface area contributed by atoms with Crippen LogP contribution >= 0.6 is 0 Å². The van der Waals surface area contributed by atoms with Crippen molar-refractivity contribution in [3.8, 4) is 0 Å².